The summed E-state index contributed by atoms with van der Waals surface area (Å²) in [7, 11) is 1.37. The molecule has 9 heavy (non-hydrogen) atoms. The van der Waals surface area contributed by atoms with Crippen molar-refractivity contribution in [3.05, 3.63) is 0 Å². The molecule has 0 aromatic heterocycles. The Morgan fingerprint density at radius 3 is 2.44 bits per heavy atom. The summed E-state index contributed by atoms with van der Waals surface area (Å²) in [5, 5.41) is 0. The van der Waals surface area contributed by atoms with Crippen LogP contribution in [0.1, 0.15) is 6.92 Å². The third-order valence-corrected chi connectivity index (χ3v) is 0.623. The molecule has 0 spiro atoms. The molecule has 0 bridgehead atoms. The van der Waals surface area contributed by atoms with Crippen LogP contribution in [0.25, 0.3) is 0 Å². The van der Waals surface area contributed by atoms with Crippen LogP contribution < -0.4 is 0 Å². The molecule has 3 heteroatoms. The Labute approximate surface area is 54.0 Å². The van der Waals surface area contributed by atoms with Gasteiger partial charge in [0.25, 0.3) is 6.29 Å². The second kappa shape index (κ2) is 3.93. The fourth-order valence-corrected chi connectivity index (χ4v) is 0.301. The van der Waals surface area contributed by atoms with Gasteiger partial charge in [-0.2, -0.15) is 0 Å². The molecule has 50 valence electrons. The number of hydrogen-bond donors (Lipinski definition) is 0. The molecule has 0 fully saturated rings. The van der Waals surface area contributed by atoms with Crippen LogP contribution in [-0.4, -0.2) is 19.4 Å². The van der Waals surface area contributed by atoms with Gasteiger partial charge in [-0.25, -0.2) is 0 Å². The zero-order chi connectivity index (χ0) is 7.28. The van der Waals surface area contributed by atoms with E-state index in [4.69, 9.17) is 6.42 Å². The number of methoxy groups -OCH3 is 1. The summed E-state index contributed by atoms with van der Waals surface area (Å²) in [6.07, 6.45) is 4.03. The first kappa shape index (κ1) is 7.99. The molecule has 1 unspecified atom stereocenters. The van der Waals surface area contributed by atoms with Crippen LogP contribution in [0.3, 0.4) is 0 Å². The molecular formula is C6H8O3. The lowest BCUT2D eigenvalue weighted by atomic mass is 10.6. The standard InChI is InChI=1S/C6H8O3/c1-4-6(8-3)9-5(2)7/h1,6H,2-3H3. The molecule has 0 rings (SSSR count). The fraction of sp³-hybridized carbons (Fsp3) is 0.500. The van der Waals surface area contributed by atoms with Gasteiger partial charge in [-0.1, -0.05) is 0 Å². The van der Waals surface area contributed by atoms with Crippen molar-refractivity contribution in [3.8, 4) is 12.3 Å². The second-order valence-electron chi connectivity index (χ2n) is 1.34. The highest BCUT2D eigenvalue weighted by atomic mass is 16.7. The van der Waals surface area contributed by atoms with Crippen LogP contribution in [0.2, 0.25) is 0 Å². The quantitative estimate of drug-likeness (QED) is 0.302. The van der Waals surface area contributed by atoms with Crippen molar-refractivity contribution >= 4 is 5.97 Å². The molecule has 3 nitrogen and oxygen atoms in total. The molecular weight excluding hydrogens is 120 g/mol. The lowest BCUT2D eigenvalue weighted by molar-refractivity contribution is -0.160. The second-order valence-corrected chi connectivity index (χ2v) is 1.34. The van der Waals surface area contributed by atoms with Crippen LogP contribution in [0.4, 0.5) is 0 Å². The normalized spacial score (nSPS) is 11.7. The van der Waals surface area contributed by atoms with Gasteiger partial charge in [0.1, 0.15) is 0 Å². The first-order chi connectivity index (χ1) is 4.20. The van der Waals surface area contributed by atoms with Crippen LogP contribution in [-0.2, 0) is 14.3 Å². The maximum atomic E-state index is 10.2. The van der Waals surface area contributed by atoms with Gasteiger partial charge in [0.05, 0.1) is 0 Å². The molecule has 0 aliphatic rings. The van der Waals surface area contributed by atoms with Gasteiger partial charge in [0.15, 0.2) is 0 Å². The molecule has 0 aliphatic carbocycles. The minimum absolute atomic E-state index is 0.445. The predicted molar refractivity (Wildman–Crippen MR) is 31.4 cm³/mol. The number of rotatable bonds is 2. The number of carbonyl (C=O) groups is 1. The first-order valence-corrected chi connectivity index (χ1v) is 2.37. The van der Waals surface area contributed by atoms with E-state index in [1.807, 2.05) is 0 Å². The molecule has 0 saturated carbocycles. The Kier molecular flexibility index (Phi) is 3.49. The van der Waals surface area contributed by atoms with Crippen molar-refractivity contribution < 1.29 is 14.3 Å². The molecule has 1 atom stereocenters. The third kappa shape index (κ3) is 3.56. The number of carbonyl (C=O) groups excluding carboxylic acids is 1. The van der Waals surface area contributed by atoms with E-state index in [1.165, 1.54) is 14.0 Å². The first-order valence-electron chi connectivity index (χ1n) is 2.37. The van der Waals surface area contributed by atoms with Crippen molar-refractivity contribution in [3.63, 3.8) is 0 Å². The molecule has 0 aromatic rings. The Bertz CT molecular complexity index is 134. The van der Waals surface area contributed by atoms with Crippen molar-refractivity contribution in [1.29, 1.82) is 0 Å². The Balaban J connectivity index is 3.60. The van der Waals surface area contributed by atoms with Gasteiger partial charge < -0.3 is 9.47 Å². The van der Waals surface area contributed by atoms with Crippen molar-refractivity contribution in [2.75, 3.05) is 7.11 Å². The summed E-state index contributed by atoms with van der Waals surface area (Å²) in [4.78, 5) is 10.2. The van der Waals surface area contributed by atoms with E-state index in [0.29, 0.717) is 0 Å². The Morgan fingerprint density at radius 1 is 1.78 bits per heavy atom. The van der Waals surface area contributed by atoms with Crippen LogP contribution >= 0.6 is 0 Å². The van der Waals surface area contributed by atoms with Gasteiger partial charge in [-0.15, -0.1) is 6.42 Å². The molecule has 0 aromatic carbocycles. The van der Waals surface area contributed by atoms with Gasteiger partial charge in [0, 0.05) is 14.0 Å². The maximum absolute atomic E-state index is 10.2. The fourth-order valence-electron chi connectivity index (χ4n) is 0.301. The highest BCUT2D eigenvalue weighted by molar-refractivity contribution is 5.66. The van der Waals surface area contributed by atoms with E-state index >= 15 is 0 Å². The van der Waals surface area contributed by atoms with Crippen molar-refractivity contribution in [2.24, 2.45) is 0 Å². The lowest BCUT2D eigenvalue weighted by Crippen LogP contribution is -2.15. The molecule has 0 heterocycles. The van der Waals surface area contributed by atoms with E-state index in [0.717, 1.165) is 0 Å². The topological polar surface area (TPSA) is 35.5 Å². The van der Waals surface area contributed by atoms with Gasteiger partial charge >= 0.3 is 5.97 Å². The van der Waals surface area contributed by atoms with Gasteiger partial charge in [0.2, 0.25) is 0 Å². The van der Waals surface area contributed by atoms with E-state index in [1.54, 1.807) is 0 Å². The molecule has 0 aliphatic heterocycles. The number of ether oxygens (including phenoxy) is 2. The summed E-state index contributed by atoms with van der Waals surface area (Å²) in [5.41, 5.74) is 0. The van der Waals surface area contributed by atoms with Crippen molar-refractivity contribution in [2.45, 2.75) is 13.2 Å². The zero-order valence-corrected chi connectivity index (χ0v) is 5.38. The smallest absolute Gasteiger partial charge is 0.305 e. The zero-order valence-electron chi connectivity index (χ0n) is 5.38. The van der Waals surface area contributed by atoms with Gasteiger partial charge in [-0.05, 0) is 5.92 Å². The minimum Gasteiger partial charge on any atom is -0.424 e. The van der Waals surface area contributed by atoms with Gasteiger partial charge in [-0.3, -0.25) is 4.79 Å². The summed E-state index contributed by atoms with van der Waals surface area (Å²) in [5.74, 6) is 1.67. The summed E-state index contributed by atoms with van der Waals surface area (Å²) in [6, 6.07) is 0. The largest absolute Gasteiger partial charge is 0.424 e. The number of hydrogen-bond acceptors (Lipinski definition) is 3. The third-order valence-electron chi connectivity index (χ3n) is 0.623. The average Bonchev–Trinajstić information content (AvgIpc) is 1.82. The van der Waals surface area contributed by atoms with E-state index < -0.39 is 12.3 Å². The molecule has 0 radical (unpaired) electrons. The van der Waals surface area contributed by atoms with Crippen LogP contribution in [0, 0.1) is 12.3 Å². The predicted octanol–water partition coefficient (Wildman–Crippen LogP) is 0.155. The van der Waals surface area contributed by atoms with E-state index in [-0.39, 0.29) is 0 Å². The Morgan fingerprint density at radius 2 is 2.33 bits per heavy atom. The Hall–Kier alpha value is -1.01. The van der Waals surface area contributed by atoms with E-state index in [2.05, 4.69) is 15.4 Å². The van der Waals surface area contributed by atoms with Crippen molar-refractivity contribution in [1.82, 2.24) is 0 Å². The highest BCUT2D eigenvalue weighted by Gasteiger charge is 2.03. The lowest BCUT2D eigenvalue weighted by Gasteiger charge is -2.06. The summed E-state index contributed by atoms with van der Waals surface area (Å²) < 4.78 is 8.98. The number of terminal acetylenes is 1. The van der Waals surface area contributed by atoms with E-state index in [9.17, 15) is 4.79 Å². The minimum atomic E-state index is -0.845. The molecule has 0 amide bonds. The number of esters is 1. The SMILES string of the molecule is C#CC(OC)OC(C)=O. The van der Waals surface area contributed by atoms with Crippen LogP contribution in [0.15, 0.2) is 0 Å². The monoisotopic (exact) mass is 128 g/mol. The average molecular weight is 128 g/mol. The summed E-state index contributed by atoms with van der Waals surface area (Å²) in [6.45, 7) is 1.27. The molecule has 0 saturated heterocycles. The highest BCUT2D eigenvalue weighted by Crippen LogP contribution is 1.89. The summed E-state index contributed by atoms with van der Waals surface area (Å²) >= 11 is 0. The van der Waals surface area contributed by atoms with Crippen LogP contribution in [0.5, 0.6) is 0 Å². The maximum Gasteiger partial charge on any atom is 0.305 e. The molecule has 0 N–H and O–H groups in total.